The van der Waals surface area contributed by atoms with Crippen LogP contribution in [-0.2, 0) is 21.1 Å². The van der Waals surface area contributed by atoms with Crippen LogP contribution < -0.4 is 4.74 Å². The number of aromatic nitrogens is 4. The molecule has 0 radical (unpaired) electrons. The Morgan fingerprint density at radius 1 is 0.554 bits per heavy atom. The van der Waals surface area contributed by atoms with Crippen molar-refractivity contribution in [1.82, 2.24) is 18.9 Å². The minimum absolute atomic E-state index is 0. The Hall–Kier alpha value is -5.25. The van der Waals surface area contributed by atoms with Gasteiger partial charge >= 0.3 is 21.1 Å². The number of imidazole rings is 1. The Labute approximate surface area is 341 Å². The summed E-state index contributed by atoms with van der Waals surface area (Å²) in [7, 11) is 0. The first-order chi connectivity index (χ1) is 27.3. The molecule has 278 valence electrons. The predicted molar refractivity (Wildman–Crippen MR) is 224 cm³/mol. The van der Waals surface area contributed by atoms with E-state index >= 15 is 0 Å². The summed E-state index contributed by atoms with van der Waals surface area (Å²) in [6.07, 6.45) is 17.0. The SMILES string of the molecule is [Pt+2].[c-]1c(Oc2[c-]c3c(cc2)c2ccccc2n3-c2ccccn2)ccc2c1c1ncc(-c3c(C4CCCCC4)cccc3C3CCCCC3)n1c1ccccc21. The van der Waals surface area contributed by atoms with Crippen molar-refractivity contribution in [3.63, 3.8) is 0 Å². The molecular formula is C50H42N4OPt. The van der Waals surface area contributed by atoms with E-state index in [4.69, 9.17) is 14.7 Å². The Morgan fingerprint density at radius 3 is 1.88 bits per heavy atom. The molecule has 0 aliphatic heterocycles. The minimum atomic E-state index is 0. The van der Waals surface area contributed by atoms with Crippen molar-refractivity contribution in [2.45, 2.75) is 76.0 Å². The van der Waals surface area contributed by atoms with E-state index in [-0.39, 0.29) is 21.1 Å². The van der Waals surface area contributed by atoms with E-state index in [0.717, 1.165) is 44.0 Å². The fourth-order valence-electron chi connectivity index (χ4n) is 9.95. The van der Waals surface area contributed by atoms with Crippen molar-refractivity contribution in [2.24, 2.45) is 0 Å². The summed E-state index contributed by atoms with van der Waals surface area (Å²) in [5, 5.41) is 5.53. The van der Waals surface area contributed by atoms with Crippen LogP contribution in [0.2, 0.25) is 0 Å². The number of ether oxygens (including phenoxy) is 1. The first-order valence-electron chi connectivity index (χ1n) is 20.2. The number of para-hydroxylation sites is 2. The van der Waals surface area contributed by atoms with Crippen molar-refractivity contribution in [3.8, 4) is 28.6 Å². The molecule has 5 aromatic carbocycles. The summed E-state index contributed by atoms with van der Waals surface area (Å²) < 4.78 is 11.2. The van der Waals surface area contributed by atoms with Crippen LogP contribution in [-0.4, -0.2) is 18.9 Å². The summed E-state index contributed by atoms with van der Waals surface area (Å²) in [5.41, 5.74) is 9.77. The monoisotopic (exact) mass is 909 g/mol. The molecule has 9 aromatic rings. The summed E-state index contributed by atoms with van der Waals surface area (Å²) in [6.45, 7) is 0. The summed E-state index contributed by atoms with van der Waals surface area (Å²) in [4.78, 5) is 9.96. The quantitative estimate of drug-likeness (QED) is 0.123. The molecule has 0 unspecified atom stereocenters. The van der Waals surface area contributed by atoms with Crippen LogP contribution in [0.4, 0.5) is 0 Å². The van der Waals surface area contributed by atoms with Gasteiger partial charge in [0.05, 0.1) is 11.3 Å². The third kappa shape index (κ3) is 5.86. The molecule has 0 atom stereocenters. The standard InChI is InChI=1S/C50H42N4O.Pt/c1-3-14-33(15-4-1)37-20-13-21-38(34-16-5-2-6-17-34)49(37)47-32-52-50-43-30-35(25-27-39(43)40-18-7-10-23-45(40)54(47)50)55-36-26-28-42-41-19-8-9-22-44(41)53(46(42)31-36)48-24-11-12-29-51-48;/h7-13,18-29,32-34H,1-6,14-17H2;/q-2;+2. The topological polar surface area (TPSA) is 44.3 Å². The molecule has 4 heterocycles. The van der Waals surface area contributed by atoms with E-state index in [0.29, 0.717) is 23.3 Å². The van der Waals surface area contributed by atoms with Crippen LogP contribution in [0, 0.1) is 12.1 Å². The average Bonchev–Trinajstić information content (AvgIpc) is 3.84. The average molecular weight is 910 g/mol. The van der Waals surface area contributed by atoms with E-state index < -0.39 is 0 Å². The fraction of sp³-hybridized carbons (Fsp3) is 0.240. The second-order valence-electron chi connectivity index (χ2n) is 15.6. The number of pyridine rings is 2. The van der Waals surface area contributed by atoms with Crippen LogP contribution in [0.15, 0.2) is 122 Å². The Morgan fingerprint density at radius 2 is 1.18 bits per heavy atom. The number of nitrogens with zero attached hydrogens (tertiary/aromatic N) is 4. The smallest absolute Gasteiger partial charge is 0.503 e. The van der Waals surface area contributed by atoms with E-state index in [1.807, 2.05) is 36.5 Å². The second-order valence-corrected chi connectivity index (χ2v) is 15.6. The molecule has 0 saturated heterocycles. The van der Waals surface area contributed by atoms with Gasteiger partial charge in [0, 0.05) is 40.5 Å². The molecule has 0 N–H and O–H groups in total. The molecule has 5 nitrogen and oxygen atoms in total. The van der Waals surface area contributed by atoms with Gasteiger partial charge in [-0.25, -0.2) is 4.98 Å². The van der Waals surface area contributed by atoms with Gasteiger partial charge in [-0.3, -0.25) is 4.98 Å². The molecular weight excluding hydrogens is 868 g/mol. The molecule has 0 bridgehead atoms. The number of hydrogen-bond donors (Lipinski definition) is 0. The first kappa shape index (κ1) is 35.2. The number of rotatable bonds is 6. The van der Waals surface area contributed by atoms with Crippen LogP contribution in [0.1, 0.15) is 87.2 Å². The molecule has 2 aliphatic carbocycles. The van der Waals surface area contributed by atoms with Gasteiger partial charge in [0.25, 0.3) is 0 Å². The minimum Gasteiger partial charge on any atom is -0.503 e. The molecule has 4 aromatic heterocycles. The van der Waals surface area contributed by atoms with Crippen molar-refractivity contribution in [2.75, 3.05) is 0 Å². The van der Waals surface area contributed by atoms with E-state index in [1.54, 1.807) is 0 Å². The third-order valence-corrected chi connectivity index (χ3v) is 12.5. The Balaban J connectivity index is 0.00000384. The molecule has 0 spiro atoms. The number of fused-ring (bicyclic) bond motifs is 9. The van der Waals surface area contributed by atoms with Crippen LogP contribution in [0.5, 0.6) is 11.5 Å². The Kier molecular flexibility index (Phi) is 9.22. The Bertz CT molecular complexity index is 2840. The van der Waals surface area contributed by atoms with Gasteiger partial charge in [-0.05, 0) is 83.7 Å². The molecule has 11 rings (SSSR count). The van der Waals surface area contributed by atoms with Gasteiger partial charge in [0.2, 0.25) is 0 Å². The van der Waals surface area contributed by atoms with Gasteiger partial charge in [0.1, 0.15) is 5.82 Å². The van der Waals surface area contributed by atoms with Crippen molar-refractivity contribution >= 4 is 49.1 Å². The van der Waals surface area contributed by atoms with Crippen molar-refractivity contribution in [1.29, 1.82) is 0 Å². The normalized spacial score (nSPS) is 15.6. The van der Waals surface area contributed by atoms with Crippen molar-refractivity contribution in [3.05, 3.63) is 145 Å². The maximum absolute atomic E-state index is 6.65. The fourth-order valence-corrected chi connectivity index (χ4v) is 9.95. The van der Waals surface area contributed by atoms with E-state index in [2.05, 4.69) is 106 Å². The van der Waals surface area contributed by atoms with E-state index in [9.17, 15) is 0 Å². The van der Waals surface area contributed by atoms with Gasteiger partial charge in [0.15, 0.2) is 0 Å². The second kappa shape index (κ2) is 14.7. The summed E-state index contributed by atoms with van der Waals surface area (Å²) >= 11 is 0. The predicted octanol–water partition coefficient (Wildman–Crippen LogP) is 13.3. The van der Waals surface area contributed by atoms with Gasteiger partial charge < -0.3 is 13.7 Å². The zero-order valence-electron chi connectivity index (χ0n) is 31.3. The molecule has 2 fully saturated rings. The number of benzene rings is 5. The van der Waals surface area contributed by atoms with Crippen molar-refractivity contribution < 1.29 is 25.8 Å². The largest absolute Gasteiger partial charge is 2.00 e. The van der Waals surface area contributed by atoms with Gasteiger partial charge in [-0.1, -0.05) is 122 Å². The summed E-state index contributed by atoms with van der Waals surface area (Å²) in [6, 6.07) is 46.1. The molecule has 56 heavy (non-hydrogen) atoms. The van der Waals surface area contributed by atoms with Gasteiger partial charge in [-0.15, -0.1) is 29.7 Å². The maximum atomic E-state index is 6.65. The molecule has 6 heteroatoms. The van der Waals surface area contributed by atoms with Crippen LogP contribution >= 0.6 is 0 Å². The summed E-state index contributed by atoms with van der Waals surface area (Å²) in [5.74, 6) is 3.28. The maximum Gasteiger partial charge on any atom is 2.00 e. The van der Waals surface area contributed by atoms with Crippen LogP contribution in [0.3, 0.4) is 0 Å². The van der Waals surface area contributed by atoms with E-state index in [1.165, 1.54) is 97.5 Å². The molecule has 2 aliphatic rings. The molecule has 0 amide bonds. The molecule has 2 saturated carbocycles. The van der Waals surface area contributed by atoms with Crippen LogP contribution in [0.25, 0.3) is 66.2 Å². The first-order valence-corrected chi connectivity index (χ1v) is 20.2. The zero-order chi connectivity index (χ0) is 36.3. The third-order valence-electron chi connectivity index (χ3n) is 12.5. The zero-order valence-corrected chi connectivity index (χ0v) is 33.6. The number of hydrogen-bond acceptors (Lipinski definition) is 3. The van der Waals surface area contributed by atoms with Gasteiger partial charge in [-0.2, -0.15) is 6.07 Å².